The van der Waals surface area contributed by atoms with Gasteiger partial charge in [0.2, 0.25) is 0 Å². The number of rotatable bonds is 2. The lowest BCUT2D eigenvalue weighted by molar-refractivity contribution is 0.135. The van der Waals surface area contributed by atoms with Gasteiger partial charge in [-0.15, -0.1) is 0 Å². The molecule has 3 nitrogen and oxygen atoms in total. The zero-order valence-electron chi connectivity index (χ0n) is 13.0. The number of para-hydroxylation sites is 2. The van der Waals surface area contributed by atoms with Crippen LogP contribution in [-0.2, 0) is 6.42 Å². The molecule has 1 amide bonds. The molecule has 3 rings (SSSR count). The molecular formula is C18H19NO2S. The van der Waals surface area contributed by atoms with E-state index in [0.717, 1.165) is 22.8 Å². The third-order valence-corrected chi connectivity index (χ3v) is 4.66. The summed E-state index contributed by atoms with van der Waals surface area (Å²) in [5, 5.41) is -0.0205. The molecule has 0 aromatic heterocycles. The van der Waals surface area contributed by atoms with E-state index in [-0.39, 0.29) is 10.8 Å². The van der Waals surface area contributed by atoms with Crippen molar-refractivity contribution < 1.29 is 9.53 Å². The Morgan fingerprint density at radius 3 is 2.59 bits per heavy atom. The van der Waals surface area contributed by atoms with Gasteiger partial charge in [-0.2, -0.15) is 0 Å². The van der Waals surface area contributed by atoms with Gasteiger partial charge in [0.1, 0.15) is 11.4 Å². The third kappa shape index (κ3) is 2.97. The summed E-state index contributed by atoms with van der Waals surface area (Å²) in [6.07, 6.45) is 0.874. The van der Waals surface area contributed by atoms with Gasteiger partial charge in [-0.1, -0.05) is 30.3 Å². The monoisotopic (exact) mass is 313 g/mol. The molecular weight excluding hydrogens is 294 g/mol. The molecule has 0 unspecified atom stereocenters. The molecule has 1 aliphatic rings. The highest BCUT2D eigenvalue weighted by Gasteiger charge is 2.32. The Kier molecular flexibility index (Phi) is 3.87. The van der Waals surface area contributed by atoms with Crippen molar-refractivity contribution in [2.24, 2.45) is 0 Å². The normalized spacial score (nSPS) is 15.0. The van der Waals surface area contributed by atoms with Crippen LogP contribution in [-0.4, -0.2) is 17.9 Å². The summed E-state index contributed by atoms with van der Waals surface area (Å²) in [4.78, 5) is 15.0. The third-order valence-electron chi connectivity index (χ3n) is 3.67. The van der Waals surface area contributed by atoms with E-state index < -0.39 is 0 Å². The first-order chi connectivity index (χ1) is 10.5. The van der Waals surface area contributed by atoms with Crippen LogP contribution in [0, 0.1) is 0 Å². The van der Waals surface area contributed by atoms with Crippen LogP contribution in [0.15, 0.2) is 53.4 Å². The van der Waals surface area contributed by atoms with Crippen LogP contribution >= 0.6 is 11.8 Å². The lowest BCUT2D eigenvalue weighted by atomic mass is 10.0. The molecule has 0 N–H and O–H groups in total. The smallest absolute Gasteiger partial charge is 0.290 e. The predicted octanol–water partition coefficient (Wildman–Crippen LogP) is 4.75. The molecule has 4 heteroatoms. The Bertz CT molecular complexity index is 697. The van der Waals surface area contributed by atoms with Gasteiger partial charge in [0.05, 0.1) is 4.90 Å². The summed E-state index contributed by atoms with van der Waals surface area (Å²) in [6, 6.07) is 15.6. The Morgan fingerprint density at radius 2 is 1.86 bits per heavy atom. The van der Waals surface area contributed by atoms with Gasteiger partial charge >= 0.3 is 0 Å². The average Bonchev–Trinajstić information content (AvgIpc) is 2.82. The number of thioether (sulfide) groups is 1. The summed E-state index contributed by atoms with van der Waals surface area (Å²) in [7, 11) is 1.79. The molecule has 0 bridgehead atoms. The molecule has 114 valence electrons. The van der Waals surface area contributed by atoms with Gasteiger partial charge in [0.15, 0.2) is 0 Å². The fourth-order valence-corrected chi connectivity index (χ4v) is 3.43. The SMILES string of the molecule is CN(C(=O)Sc1cccc2c1OC(C)(C)C2)c1ccccc1. The first kappa shape index (κ1) is 15.0. The molecule has 2 aromatic rings. The number of nitrogens with zero attached hydrogens (tertiary/aromatic N) is 1. The first-order valence-corrected chi connectivity index (χ1v) is 8.09. The van der Waals surface area contributed by atoms with E-state index in [0.29, 0.717) is 0 Å². The maximum atomic E-state index is 12.5. The van der Waals surface area contributed by atoms with Crippen molar-refractivity contribution in [1.29, 1.82) is 0 Å². The number of anilines is 1. The summed E-state index contributed by atoms with van der Waals surface area (Å²) < 4.78 is 6.02. The van der Waals surface area contributed by atoms with Gasteiger partial charge in [-0.25, -0.2) is 0 Å². The van der Waals surface area contributed by atoms with Crippen molar-refractivity contribution >= 4 is 22.7 Å². The topological polar surface area (TPSA) is 29.5 Å². The van der Waals surface area contributed by atoms with E-state index in [2.05, 4.69) is 19.9 Å². The second-order valence-corrected chi connectivity index (χ2v) is 7.04. The minimum atomic E-state index is -0.201. The largest absolute Gasteiger partial charge is 0.486 e. The quantitative estimate of drug-likeness (QED) is 0.749. The molecule has 22 heavy (non-hydrogen) atoms. The number of carbonyl (C=O) groups is 1. The second kappa shape index (κ2) is 5.69. The number of hydrogen-bond donors (Lipinski definition) is 0. The summed E-state index contributed by atoms with van der Waals surface area (Å²) in [5.41, 5.74) is 1.85. The molecule has 1 heterocycles. The van der Waals surface area contributed by atoms with Crippen LogP contribution < -0.4 is 9.64 Å². The first-order valence-electron chi connectivity index (χ1n) is 7.28. The lowest BCUT2D eigenvalue weighted by Gasteiger charge is -2.19. The van der Waals surface area contributed by atoms with E-state index >= 15 is 0 Å². The summed E-state index contributed by atoms with van der Waals surface area (Å²) in [5.74, 6) is 0.854. The lowest BCUT2D eigenvalue weighted by Crippen LogP contribution is -2.25. The molecule has 2 aromatic carbocycles. The van der Waals surface area contributed by atoms with Crippen LogP contribution in [0.25, 0.3) is 0 Å². The maximum Gasteiger partial charge on any atom is 0.290 e. The van der Waals surface area contributed by atoms with E-state index in [1.54, 1.807) is 11.9 Å². The fourth-order valence-electron chi connectivity index (χ4n) is 2.59. The number of amides is 1. The molecule has 0 radical (unpaired) electrons. The van der Waals surface area contributed by atoms with Gasteiger partial charge in [-0.05, 0) is 49.4 Å². The predicted molar refractivity (Wildman–Crippen MR) is 91.0 cm³/mol. The highest BCUT2D eigenvalue weighted by atomic mass is 32.2. The van der Waals surface area contributed by atoms with Gasteiger partial charge in [-0.3, -0.25) is 4.79 Å². The van der Waals surface area contributed by atoms with Crippen LogP contribution in [0.1, 0.15) is 19.4 Å². The zero-order chi connectivity index (χ0) is 15.7. The standard InChI is InChI=1S/C18H19NO2S/c1-18(2)12-13-8-7-11-15(16(13)21-18)22-17(20)19(3)14-9-5-4-6-10-14/h4-11H,12H2,1-3H3. The molecule has 0 saturated carbocycles. The van der Waals surface area contributed by atoms with Crippen molar-refractivity contribution in [2.75, 3.05) is 11.9 Å². The average molecular weight is 313 g/mol. The molecule has 0 spiro atoms. The second-order valence-electron chi connectivity index (χ2n) is 6.05. The minimum Gasteiger partial charge on any atom is -0.486 e. The molecule has 0 atom stereocenters. The van der Waals surface area contributed by atoms with Crippen LogP contribution in [0.2, 0.25) is 0 Å². The Morgan fingerprint density at radius 1 is 1.14 bits per heavy atom. The number of fused-ring (bicyclic) bond motifs is 1. The van der Waals surface area contributed by atoms with Gasteiger partial charge in [0.25, 0.3) is 5.24 Å². The van der Waals surface area contributed by atoms with E-state index in [9.17, 15) is 4.79 Å². The highest BCUT2D eigenvalue weighted by Crippen LogP contribution is 2.42. The van der Waals surface area contributed by atoms with Crippen LogP contribution in [0.3, 0.4) is 0 Å². The molecule has 0 fully saturated rings. The highest BCUT2D eigenvalue weighted by molar-refractivity contribution is 8.14. The Balaban J connectivity index is 1.80. The summed E-state index contributed by atoms with van der Waals surface area (Å²) >= 11 is 1.21. The van der Waals surface area contributed by atoms with Gasteiger partial charge < -0.3 is 9.64 Å². The molecule has 0 aliphatic carbocycles. The zero-order valence-corrected chi connectivity index (χ0v) is 13.8. The number of benzene rings is 2. The number of carbonyl (C=O) groups excluding carboxylic acids is 1. The van der Waals surface area contributed by atoms with Crippen molar-refractivity contribution in [3.63, 3.8) is 0 Å². The number of hydrogen-bond acceptors (Lipinski definition) is 3. The molecule has 1 aliphatic heterocycles. The fraction of sp³-hybridized carbons (Fsp3) is 0.278. The van der Waals surface area contributed by atoms with Crippen molar-refractivity contribution in [3.8, 4) is 5.75 Å². The van der Waals surface area contributed by atoms with E-state index in [1.165, 1.54) is 17.3 Å². The van der Waals surface area contributed by atoms with Crippen molar-refractivity contribution in [1.82, 2.24) is 0 Å². The Hall–Kier alpha value is -1.94. The van der Waals surface area contributed by atoms with Gasteiger partial charge in [0, 0.05) is 19.2 Å². The summed E-state index contributed by atoms with van der Waals surface area (Å²) in [6.45, 7) is 4.14. The van der Waals surface area contributed by atoms with E-state index in [4.69, 9.17) is 4.74 Å². The van der Waals surface area contributed by atoms with E-state index in [1.807, 2.05) is 42.5 Å². The molecule has 0 saturated heterocycles. The minimum absolute atomic E-state index is 0.0205. The Labute approximate surface area is 135 Å². The van der Waals surface area contributed by atoms with Crippen LogP contribution in [0.5, 0.6) is 5.75 Å². The maximum absolute atomic E-state index is 12.5. The van der Waals surface area contributed by atoms with Crippen molar-refractivity contribution in [2.45, 2.75) is 30.8 Å². The van der Waals surface area contributed by atoms with Crippen molar-refractivity contribution in [3.05, 3.63) is 54.1 Å². The van der Waals surface area contributed by atoms with Crippen LogP contribution in [0.4, 0.5) is 10.5 Å². The number of ether oxygens (including phenoxy) is 1.